The third kappa shape index (κ3) is 8.74. The van der Waals surface area contributed by atoms with Gasteiger partial charge in [-0.05, 0) is 25.0 Å². The van der Waals surface area contributed by atoms with Crippen LogP contribution in [-0.4, -0.2) is 59.9 Å². The summed E-state index contributed by atoms with van der Waals surface area (Å²) in [5.41, 5.74) is 4.96. The van der Waals surface area contributed by atoms with Crippen LogP contribution in [0.4, 0.5) is 23.8 Å². The SMILES string of the molecule is NC(=O)CNC(=O)NC1CCN(c2ccccn2)CC1.O=C(O)C(F)(F)F. The second kappa shape index (κ2) is 10.2. The van der Waals surface area contributed by atoms with Gasteiger partial charge in [-0.25, -0.2) is 14.6 Å². The summed E-state index contributed by atoms with van der Waals surface area (Å²) in [7, 11) is 0. The predicted octanol–water partition coefficient (Wildman–Crippen LogP) is 0.468. The third-order valence-corrected chi connectivity index (χ3v) is 3.47. The second-order valence-corrected chi connectivity index (χ2v) is 5.55. The highest BCUT2D eigenvalue weighted by Gasteiger charge is 2.38. The molecule has 1 fully saturated rings. The topological polar surface area (TPSA) is 138 Å². The molecule has 27 heavy (non-hydrogen) atoms. The fourth-order valence-electron chi connectivity index (χ4n) is 2.20. The number of aliphatic carboxylic acids is 1. The van der Waals surface area contributed by atoms with Gasteiger partial charge in [0.25, 0.3) is 0 Å². The largest absolute Gasteiger partial charge is 0.490 e. The summed E-state index contributed by atoms with van der Waals surface area (Å²) >= 11 is 0. The van der Waals surface area contributed by atoms with Gasteiger partial charge in [0, 0.05) is 25.3 Å². The van der Waals surface area contributed by atoms with Gasteiger partial charge in [-0.2, -0.15) is 13.2 Å². The van der Waals surface area contributed by atoms with Gasteiger partial charge in [0.1, 0.15) is 5.82 Å². The number of alkyl halides is 3. The van der Waals surface area contributed by atoms with E-state index in [0.717, 1.165) is 31.7 Å². The molecule has 0 bridgehead atoms. The number of amides is 3. The molecule has 3 amide bonds. The number of rotatable bonds is 4. The Morgan fingerprint density at radius 2 is 1.85 bits per heavy atom. The van der Waals surface area contributed by atoms with E-state index in [1.54, 1.807) is 6.20 Å². The quantitative estimate of drug-likeness (QED) is 0.589. The van der Waals surface area contributed by atoms with Gasteiger partial charge in [-0.1, -0.05) is 6.07 Å². The van der Waals surface area contributed by atoms with Crippen LogP contribution in [0.25, 0.3) is 0 Å². The monoisotopic (exact) mass is 391 g/mol. The van der Waals surface area contributed by atoms with Crippen molar-refractivity contribution in [3.63, 3.8) is 0 Å². The van der Waals surface area contributed by atoms with Gasteiger partial charge in [-0.15, -0.1) is 0 Å². The fourth-order valence-corrected chi connectivity index (χ4v) is 2.20. The summed E-state index contributed by atoms with van der Waals surface area (Å²) in [6, 6.07) is 5.60. The van der Waals surface area contributed by atoms with Crippen LogP contribution >= 0.6 is 0 Å². The number of piperidine rings is 1. The third-order valence-electron chi connectivity index (χ3n) is 3.47. The summed E-state index contributed by atoms with van der Waals surface area (Å²) in [6.07, 6.45) is -1.61. The molecule has 0 unspecified atom stereocenters. The summed E-state index contributed by atoms with van der Waals surface area (Å²) < 4.78 is 31.7. The molecule has 1 aromatic rings. The number of hydrogen-bond donors (Lipinski definition) is 4. The number of aromatic nitrogens is 1. The number of carboxylic acids is 1. The highest BCUT2D eigenvalue weighted by molar-refractivity contribution is 5.82. The molecule has 12 heteroatoms. The van der Waals surface area contributed by atoms with Gasteiger partial charge in [0.15, 0.2) is 0 Å². The number of carbonyl (C=O) groups excluding carboxylic acids is 2. The molecule has 0 saturated carbocycles. The number of carboxylic acid groups (broad SMARTS) is 1. The predicted molar refractivity (Wildman–Crippen MR) is 88.9 cm³/mol. The first-order chi connectivity index (χ1) is 12.6. The first-order valence-corrected chi connectivity index (χ1v) is 7.88. The number of pyridine rings is 1. The lowest BCUT2D eigenvalue weighted by Crippen LogP contribution is -2.49. The van der Waals surface area contributed by atoms with Crippen LogP contribution in [0.5, 0.6) is 0 Å². The zero-order valence-electron chi connectivity index (χ0n) is 14.2. The number of nitrogens with one attached hydrogen (secondary N) is 2. The molecule has 0 aliphatic carbocycles. The molecule has 150 valence electrons. The Morgan fingerprint density at radius 1 is 1.26 bits per heavy atom. The zero-order valence-corrected chi connectivity index (χ0v) is 14.2. The first kappa shape index (κ1) is 22.0. The molecule has 2 heterocycles. The van der Waals surface area contributed by atoms with E-state index >= 15 is 0 Å². The van der Waals surface area contributed by atoms with Crippen LogP contribution in [0.15, 0.2) is 24.4 Å². The standard InChI is InChI=1S/C13H19N5O2.C2HF3O2/c14-11(19)9-16-13(20)17-10-4-7-18(8-5-10)12-3-1-2-6-15-12;3-2(4,5)1(6)7/h1-3,6,10H,4-5,7-9H2,(H2,14,19)(H2,16,17,20);(H,6,7). The minimum atomic E-state index is -5.08. The average molecular weight is 391 g/mol. The highest BCUT2D eigenvalue weighted by Crippen LogP contribution is 2.17. The Morgan fingerprint density at radius 3 is 2.30 bits per heavy atom. The molecule has 0 spiro atoms. The average Bonchev–Trinajstić information content (AvgIpc) is 2.61. The minimum Gasteiger partial charge on any atom is -0.475 e. The van der Waals surface area contributed by atoms with Crippen molar-refractivity contribution in [2.45, 2.75) is 25.1 Å². The number of nitrogens with zero attached hydrogens (tertiary/aromatic N) is 2. The minimum absolute atomic E-state index is 0.114. The van der Waals surface area contributed by atoms with Crippen LogP contribution in [-0.2, 0) is 9.59 Å². The van der Waals surface area contributed by atoms with Gasteiger partial charge in [0.05, 0.1) is 6.54 Å². The number of anilines is 1. The number of halogens is 3. The van der Waals surface area contributed by atoms with Crippen molar-refractivity contribution in [3.05, 3.63) is 24.4 Å². The fraction of sp³-hybridized carbons (Fsp3) is 0.467. The van der Waals surface area contributed by atoms with Crippen LogP contribution < -0.4 is 21.3 Å². The molecular formula is C15H20F3N5O4. The smallest absolute Gasteiger partial charge is 0.475 e. The first-order valence-electron chi connectivity index (χ1n) is 7.88. The van der Waals surface area contributed by atoms with Crippen molar-refractivity contribution >= 4 is 23.7 Å². The number of carbonyl (C=O) groups is 3. The molecule has 1 aliphatic heterocycles. The van der Waals surface area contributed by atoms with E-state index in [4.69, 9.17) is 15.6 Å². The van der Waals surface area contributed by atoms with E-state index in [1.165, 1.54) is 0 Å². The maximum atomic E-state index is 11.5. The van der Waals surface area contributed by atoms with Crippen molar-refractivity contribution in [2.24, 2.45) is 5.73 Å². The number of nitrogens with two attached hydrogens (primary N) is 1. The molecule has 5 N–H and O–H groups in total. The Kier molecular flexibility index (Phi) is 8.30. The lowest BCUT2D eigenvalue weighted by molar-refractivity contribution is -0.192. The van der Waals surface area contributed by atoms with Crippen LogP contribution in [0.3, 0.4) is 0 Å². The van der Waals surface area contributed by atoms with Crippen molar-refractivity contribution in [3.8, 4) is 0 Å². The molecule has 1 aliphatic rings. The molecule has 9 nitrogen and oxygen atoms in total. The molecule has 1 aromatic heterocycles. The number of hydrogen-bond acceptors (Lipinski definition) is 5. The van der Waals surface area contributed by atoms with E-state index in [2.05, 4.69) is 20.5 Å². The summed E-state index contributed by atoms with van der Waals surface area (Å²) in [4.78, 5) is 37.5. The molecule has 2 rings (SSSR count). The van der Waals surface area contributed by atoms with Crippen molar-refractivity contribution in [1.29, 1.82) is 0 Å². The summed E-state index contributed by atoms with van der Waals surface area (Å²) in [5.74, 6) is -2.35. The Labute approximate surface area is 152 Å². The zero-order chi connectivity index (χ0) is 20.4. The van der Waals surface area contributed by atoms with Gasteiger partial charge in [0.2, 0.25) is 5.91 Å². The second-order valence-electron chi connectivity index (χ2n) is 5.55. The lowest BCUT2D eigenvalue weighted by atomic mass is 10.1. The van der Waals surface area contributed by atoms with Crippen molar-refractivity contribution in [2.75, 3.05) is 24.5 Å². The number of primary amides is 1. The summed E-state index contributed by atoms with van der Waals surface area (Å²) in [6.45, 7) is 1.55. The summed E-state index contributed by atoms with van der Waals surface area (Å²) in [5, 5.41) is 12.4. The Balaban J connectivity index is 0.000000445. The van der Waals surface area contributed by atoms with Crippen LogP contribution in [0, 0.1) is 0 Å². The van der Waals surface area contributed by atoms with E-state index in [0.29, 0.717) is 0 Å². The maximum Gasteiger partial charge on any atom is 0.490 e. The molecule has 0 atom stereocenters. The van der Waals surface area contributed by atoms with Gasteiger partial charge < -0.3 is 26.4 Å². The number of urea groups is 1. The highest BCUT2D eigenvalue weighted by atomic mass is 19.4. The van der Waals surface area contributed by atoms with E-state index in [1.807, 2.05) is 18.2 Å². The van der Waals surface area contributed by atoms with E-state index < -0.39 is 18.1 Å². The molecular weight excluding hydrogens is 371 g/mol. The molecule has 1 saturated heterocycles. The van der Waals surface area contributed by atoms with Gasteiger partial charge >= 0.3 is 18.2 Å². The van der Waals surface area contributed by atoms with Crippen molar-refractivity contribution in [1.82, 2.24) is 15.6 Å². The maximum absolute atomic E-state index is 11.5. The Hall–Kier alpha value is -3.05. The molecule has 0 aromatic carbocycles. The molecule has 0 radical (unpaired) electrons. The van der Waals surface area contributed by atoms with Crippen LogP contribution in [0.1, 0.15) is 12.8 Å². The van der Waals surface area contributed by atoms with Crippen LogP contribution in [0.2, 0.25) is 0 Å². The van der Waals surface area contributed by atoms with Crippen molar-refractivity contribution < 1.29 is 32.7 Å². The van der Waals surface area contributed by atoms with E-state index in [-0.39, 0.29) is 18.6 Å². The van der Waals surface area contributed by atoms with E-state index in [9.17, 15) is 22.8 Å². The van der Waals surface area contributed by atoms with Gasteiger partial charge in [-0.3, -0.25) is 4.79 Å². The Bertz CT molecular complexity index is 634. The normalized spacial score (nSPS) is 14.6. The lowest BCUT2D eigenvalue weighted by Gasteiger charge is -2.33.